The van der Waals surface area contributed by atoms with Crippen LogP contribution in [0.2, 0.25) is 0 Å². The molecule has 1 heteroatoms. The van der Waals surface area contributed by atoms with Gasteiger partial charge < -0.3 is 4.74 Å². The van der Waals surface area contributed by atoms with Gasteiger partial charge in [-0.3, -0.25) is 0 Å². The Labute approximate surface area is 67.1 Å². The monoisotopic (exact) mass is 148 g/mol. The first-order valence-electron chi connectivity index (χ1n) is 4.04. The maximum absolute atomic E-state index is 5.59. The standard InChI is InChI=1S/C10H12O/c1-8-4-2-5-9-6-3-7-11-10(8)9/h2-6,8,10H,7H2,1H3. The van der Waals surface area contributed by atoms with E-state index in [0.717, 1.165) is 6.61 Å². The summed E-state index contributed by atoms with van der Waals surface area (Å²) in [6.45, 7) is 2.95. The van der Waals surface area contributed by atoms with Gasteiger partial charge in [0.2, 0.25) is 0 Å². The molecule has 0 fully saturated rings. The third-order valence-electron chi connectivity index (χ3n) is 2.19. The van der Waals surface area contributed by atoms with Crippen LogP contribution in [0.3, 0.4) is 0 Å². The fourth-order valence-electron chi connectivity index (χ4n) is 1.58. The first-order chi connectivity index (χ1) is 5.38. The summed E-state index contributed by atoms with van der Waals surface area (Å²) in [7, 11) is 0. The molecule has 0 aromatic rings. The minimum Gasteiger partial charge on any atom is -0.369 e. The lowest BCUT2D eigenvalue weighted by molar-refractivity contribution is 0.0710. The Morgan fingerprint density at radius 3 is 3.27 bits per heavy atom. The Kier molecular flexibility index (Phi) is 1.66. The van der Waals surface area contributed by atoms with Gasteiger partial charge in [-0.05, 0) is 5.57 Å². The molecule has 2 aliphatic rings. The molecule has 2 rings (SSSR count). The lowest BCUT2D eigenvalue weighted by atomic mass is 9.91. The molecule has 0 amide bonds. The van der Waals surface area contributed by atoms with E-state index in [4.69, 9.17) is 4.74 Å². The van der Waals surface area contributed by atoms with Crippen molar-refractivity contribution in [3.8, 4) is 0 Å². The van der Waals surface area contributed by atoms with E-state index >= 15 is 0 Å². The van der Waals surface area contributed by atoms with E-state index in [9.17, 15) is 0 Å². The van der Waals surface area contributed by atoms with E-state index in [1.165, 1.54) is 5.57 Å². The third-order valence-corrected chi connectivity index (χ3v) is 2.19. The average Bonchev–Trinajstić information content (AvgIpc) is 2.06. The fraction of sp³-hybridized carbons (Fsp3) is 0.400. The zero-order chi connectivity index (χ0) is 7.68. The molecule has 0 bridgehead atoms. The molecule has 11 heavy (non-hydrogen) atoms. The van der Waals surface area contributed by atoms with E-state index in [1.807, 2.05) is 0 Å². The predicted molar refractivity (Wildman–Crippen MR) is 45.3 cm³/mol. The molecule has 1 aliphatic carbocycles. The maximum Gasteiger partial charge on any atom is 0.0889 e. The van der Waals surface area contributed by atoms with E-state index in [0.29, 0.717) is 12.0 Å². The van der Waals surface area contributed by atoms with Gasteiger partial charge in [0, 0.05) is 5.92 Å². The molecule has 1 aliphatic heterocycles. The first-order valence-corrected chi connectivity index (χ1v) is 4.04. The third kappa shape index (κ3) is 1.16. The number of hydrogen-bond acceptors (Lipinski definition) is 1. The van der Waals surface area contributed by atoms with E-state index < -0.39 is 0 Å². The second-order valence-corrected chi connectivity index (χ2v) is 3.07. The Morgan fingerprint density at radius 2 is 2.45 bits per heavy atom. The van der Waals surface area contributed by atoms with Crippen LogP contribution in [0.4, 0.5) is 0 Å². The normalized spacial score (nSPS) is 34.8. The van der Waals surface area contributed by atoms with Gasteiger partial charge in [-0.1, -0.05) is 37.3 Å². The van der Waals surface area contributed by atoms with Crippen LogP contribution in [-0.2, 0) is 4.74 Å². The topological polar surface area (TPSA) is 9.23 Å². The summed E-state index contributed by atoms with van der Waals surface area (Å²) >= 11 is 0. The van der Waals surface area contributed by atoms with Gasteiger partial charge in [-0.25, -0.2) is 0 Å². The molecule has 2 unspecified atom stereocenters. The lowest BCUT2D eigenvalue weighted by Crippen LogP contribution is -2.26. The van der Waals surface area contributed by atoms with Crippen LogP contribution in [0.15, 0.2) is 36.0 Å². The summed E-state index contributed by atoms with van der Waals surface area (Å²) < 4.78 is 5.59. The van der Waals surface area contributed by atoms with E-state index in [1.54, 1.807) is 0 Å². The van der Waals surface area contributed by atoms with Crippen molar-refractivity contribution in [2.75, 3.05) is 6.61 Å². The number of fused-ring (bicyclic) bond motifs is 1. The van der Waals surface area contributed by atoms with Crippen molar-refractivity contribution in [3.05, 3.63) is 36.0 Å². The maximum atomic E-state index is 5.59. The Hall–Kier alpha value is -0.820. The van der Waals surface area contributed by atoms with Gasteiger partial charge in [0.15, 0.2) is 0 Å². The highest BCUT2D eigenvalue weighted by Crippen LogP contribution is 2.25. The van der Waals surface area contributed by atoms with Crippen LogP contribution in [0, 0.1) is 5.92 Å². The van der Waals surface area contributed by atoms with Gasteiger partial charge in [-0.2, -0.15) is 0 Å². The summed E-state index contributed by atoms with van der Waals surface area (Å²) in [4.78, 5) is 0. The molecule has 1 heterocycles. The van der Waals surface area contributed by atoms with Crippen molar-refractivity contribution in [2.45, 2.75) is 13.0 Å². The van der Waals surface area contributed by atoms with Crippen LogP contribution < -0.4 is 0 Å². The average molecular weight is 148 g/mol. The Balaban J connectivity index is 2.29. The zero-order valence-electron chi connectivity index (χ0n) is 6.66. The van der Waals surface area contributed by atoms with Crippen molar-refractivity contribution in [3.63, 3.8) is 0 Å². The summed E-state index contributed by atoms with van der Waals surface area (Å²) in [5, 5.41) is 0. The molecular weight excluding hydrogens is 136 g/mol. The van der Waals surface area contributed by atoms with Crippen molar-refractivity contribution >= 4 is 0 Å². The molecular formula is C10H12O. The van der Waals surface area contributed by atoms with Crippen molar-refractivity contribution in [1.82, 2.24) is 0 Å². The largest absolute Gasteiger partial charge is 0.369 e. The number of ether oxygens (including phenoxy) is 1. The van der Waals surface area contributed by atoms with Crippen molar-refractivity contribution in [2.24, 2.45) is 5.92 Å². The molecule has 0 saturated carbocycles. The molecule has 0 aromatic carbocycles. The highest BCUT2D eigenvalue weighted by atomic mass is 16.5. The van der Waals surface area contributed by atoms with Crippen molar-refractivity contribution < 1.29 is 4.74 Å². The molecule has 0 N–H and O–H groups in total. The number of hydrogen-bond donors (Lipinski definition) is 0. The van der Waals surface area contributed by atoms with Gasteiger partial charge in [0.1, 0.15) is 0 Å². The highest BCUT2D eigenvalue weighted by Gasteiger charge is 2.22. The molecule has 58 valence electrons. The van der Waals surface area contributed by atoms with Gasteiger partial charge in [0.05, 0.1) is 12.7 Å². The van der Waals surface area contributed by atoms with E-state index in [2.05, 4.69) is 37.3 Å². The SMILES string of the molecule is CC1C=CC=C2C=CCOC21. The van der Waals surface area contributed by atoms with Crippen LogP contribution in [0.5, 0.6) is 0 Å². The lowest BCUT2D eigenvalue weighted by Gasteiger charge is -2.27. The smallest absolute Gasteiger partial charge is 0.0889 e. The quantitative estimate of drug-likeness (QED) is 0.511. The zero-order valence-corrected chi connectivity index (χ0v) is 6.66. The summed E-state index contributed by atoms with van der Waals surface area (Å²) in [5.41, 5.74) is 1.31. The molecule has 0 saturated heterocycles. The summed E-state index contributed by atoms with van der Waals surface area (Å²) in [6.07, 6.45) is 11.0. The van der Waals surface area contributed by atoms with Crippen LogP contribution in [0.25, 0.3) is 0 Å². The predicted octanol–water partition coefficient (Wildman–Crippen LogP) is 2.07. The van der Waals surface area contributed by atoms with Gasteiger partial charge in [0.25, 0.3) is 0 Å². The minimum atomic E-state index is 0.310. The molecule has 2 atom stereocenters. The molecule has 1 nitrogen and oxygen atoms in total. The van der Waals surface area contributed by atoms with Gasteiger partial charge >= 0.3 is 0 Å². The second kappa shape index (κ2) is 2.67. The molecule has 0 radical (unpaired) electrons. The van der Waals surface area contributed by atoms with Gasteiger partial charge in [-0.15, -0.1) is 0 Å². The summed E-state index contributed by atoms with van der Waals surface area (Å²) in [6, 6.07) is 0. The molecule has 0 spiro atoms. The number of allylic oxidation sites excluding steroid dienone is 2. The number of rotatable bonds is 0. The highest BCUT2D eigenvalue weighted by molar-refractivity contribution is 5.34. The van der Waals surface area contributed by atoms with E-state index in [-0.39, 0.29) is 0 Å². The summed E-state index contributed by atoms with van der Waals surface area (Å²) in [5.74, 6) is 0.528. The fourth-order valence-corrected chi connectivity index (χ4v) is 1.58. The van der Waals surface area contributed by atoms with Crippen LogP contribution >= 0.6 is 0 Å². The minimum absolute atomic E-state index is 0.310. The first kappa shape index (κ1) is 6.86. The van der Waals surface area contributed by atoms with Crippen LogP contribution in [-0.4, -0.2) is 12.7 Å². The van der Waals surface area contributed by atoms with Crippen LogP contribution in [0.1, 0.15) is 6.92 Å². The Bertz CT molecular complexity index is 235. The Morgan fingerprint density at radius 1 is 1.55 bits per heavy atom. The van der Waals surface area contributed by atoms with Crippen molar-refractivity contribution in [1.29, 1.82) is 0 Å². The second-order valence-electron chi connectivity index (χ2n) is 3.07. The molecule has 0 aromatic heterocycles.